The molecule has 0 spiro atoms. The normalized spacial score (nSPS) is 10.5. The molecule has 21 heavy (non-hydrogen) atoms. The van der Waals surface area contributed by atoms with E-state index in [0.717, 1.165) is 12.1 Å². The zero-order valence-electron chi connectivity index (χ0n) is 12.6. The summed E-state index contributed by atoms with van der Waals surface area (Å²) in [5.41, 5.74) is 2.33. The summed E-state index contributed by atoms with van der Waals surface area (Å²) in [5, 5.41) is 5.98. The van der Waals surface area contributed by atoms with Crippen LogP contribution in [0.1, 0.15) is 36.8 Å². The second-order valence-corrected chi connectivity index (χ2v) is 5.09. The third-order valence-corrected chi connectivity index (χ3v) is 2.96. The Hall–Kier alpha value is -2.43. The van der Waals surface area contributed by atoms with Gasteiger partial charge in [0, 0.05) is 17.8 Å². The molecule has 1 heterocycles. The number of aromatic nitrogens is 2. The maximum absolute atomic E-state index is 12.2. The van der Waals surface area contributed by atoms with E-state index >= 15 is 0 Å². The quantitative estimate of drug-likeness (QED) is 0.885. The van der Waals surface area contributed by atoms with Crippen molar-refractivity contribution in [2.24, 2.45) is 0 Å². The molecule has 110 valence electrons. The van der Waals surface area contributed by atoms with Gasteiger partial charge < -0.3 is 10.6 Å². The van der Waals surface area contributed by atoms with Gasteiger partial charge in [0.2, 0.25) is 0 Å². The van der Waals surface area contributed by atoms with Gasteiger partial charge in [-0.2, -0.15) is 0 Å². The van der Waals surface area contributed by atoms with Gasteiger partial charge in [-0.15, -0.1) is 0 Å². The van der Waals surface area contributed by atoms with Crippen molar-refractivity contribution in [3.63, 3.8) is 0 Å². The van der Waals surface area contributed by atoms with Gasteiger partial charge in [0.15, 0.2) is 0 Å². The molecule has 0 aliphatic carbocycles. The van der Waals surface area contributed by atoms with Gasteiger partial charge in [0.25, 0.3) is 5.91 Å². The van der Waals surface area contributed by atoms with Gasteiger partial charge in [0.05, 0.1) is 0 Å². The molecule has 5 nitrogen and oxygen atoms in total. The molecule has 0 saturated carbocycles. The highest BCUT2D eigenvalue weighted by Crippen LogP contribution is 2.12. The van der Waals surface area contributed by atoms with Crippen molar-refractivity contribution in [3.8, 4) is 0 Å². The van der Waals surface area contributed by atoms with Gasteiger partial charge in [-0.1, -0.05) is 19.1 Å². The molecule has 2 aromatic rings. The average Bonchev–Trinajstić information content (AvgIpc) is 2.47. The molecule has 2 rings (SSSR count). The lowest BCUT2D eigenvalue weighted by Crippen LogP contribution is -2.16. The zero-order chi connectivity index (χ0) is 15.2. The summed E-state index contributed by atoms with van der Waals surface area (Å²) in [4.78, 5) is 20.3. The molecule has 1 aromatic carbocycles. The van der Waals surface area contributed by atoms with E-state index in [1.807, 2.05) is 38.1 Å². The van der Waals surface area contributed by atoms with Crippen molar-refractivity contribution >= 4 is 17.4 Å². The number of carbonyl (C=O) groups excluding carboxylic acids is 1. The molecule has 0 atom stereocenters. The first-order valence-corrected chi connectivity index (χ1v) is 7.07. The molecule has 1 aromatic heterocycles. The van der Waals surface area contributed by atoms with E-state index in [-0.39, 0.29) is 11.9 Å². The molecule has 0 unspecified atom stereocenters. The minimum absolute atomic E-state index is 0.242. The molecular formula is C16H20N4O. The first kappa shape index (κ1) is 15.0. The summed E-state index contributed by atoms with van der Waals surface area (Å²) >= 11 is 0. The summed E-state index contributed by atoms with van der Waals surface area (Å²) < 4.78 is 0. The minimum Gasteiger partial charge on any atom is -0.368 e. The standard InChI is InChI=1S/C16H20N4O/c1-4-12-5-7-13(8-6-12)20-16(21)14-9-15(18-10-17-14)19-11(2)3/h5-11H,4H2,1-3H3,(H,20,21)(H,17,18,19). The Morgan fingerprint density at radius 2 is 1.90 bits per heavy atom. The summed E-state index contributed by atoms with van der Waals surface area (Å²) in [6.07, 6.45) is 2.37. The van der Waals surface area contributed by atoms with Gasteiger partial charge in [-0.3, -0.25) is 4.79 Å². The second-order valence-electron chi connectivity index (χ2n) is 5.09. The predicted molar refractivity (Wildman–Crippen MR) is 84.6 cm³/mol. The van der Waals surface area contributed by atoms with E-state index in [1.165, 1.54) is 11.9 Å². The Morgan fingerprint density at radius 3 is 2.52 bits per heavy atom. The first-order chi connectivity index (χ1) is 10.1. The Labute approximate surface area is 124 Å². The number of rotatable bonds is 5. The van der Waals surface area contributed by atoms with Crippen molar-refractivity contribution in [2.45, 2.75) is 33.2 Å². The van der Waals surface area contributed by atoms with Crippen LogP contribution in [0, 0.1) is 0 Å². The molecule has 0 aliphatic rings. The monoisotopic (exact) mass is 284 g/mol. The highest BCUT2D eigenvalue weighted by molar-refractivity contribution is 6.03. The average molecular weight is 284 g/mol. The lowest BCUT2D eigenvalue weighted by atomic mass is 10.1. The van der Waals surface area contributed by atoms with Gasteiger partial charge in [0.1, 0.15) is 17.8 Å². The molecule has 5 heteroatoms. The summed E-state index contributed by atoms with van der Waals surface area (Å²) in [7, 11) is 0. The number of amides is 1. The van der Waals surface area contributed by atoms with E-state index < -0.39 is 0 Å². The van der Waals surface area contributed by atoms with Crippen LogP contribution in [0.2, 0.25) is 0 Å². The number of carbonyl (C=O) groups is 1. The lowest BCUT2D eigenvalue weighted by Gasteiger charge is -2.10. The molecule has 0 bridgehead atoms. The topological polar surface area (TPSA) is 66.9 Å². The summed E-state index contributed by atoms with van der Waals surface area (Å²) in [6.45, 7) is 6.12. The first-order valence-electron chi connectivity index (χ1n) is 7.07. The van der Waals surface area contributed by atoms with E-state index in [1.54, 1.807) is 6.07 Å². The molecular weight excluding hydrogens is 264 g/mol. The van der Waals surface area contributed by atoms with Gasteiger partial charge >= 0.3 is 0 Å². The number of aryl methyl sites for hydroxylation is 1. The van der Waals surface area contributed by atoms with Crippen molar-refractivity contribution < 1.29 is 4.79 Å². The van der Waals surface area contributed by atoms with Crippen LogP contribution in [0.4, 0.5) is 11.5 Å². The molecule has 0 saturated heterocycles. The number of nitrogens with zero attached hydrogens (tertiary/aromatic N) is 2. The van der Waals surface area contributed by atoms with Crippen LogP contribution < -0.4 is 10.6 Å². The zero-order valence-corrected chi connectivity index (χ0v) is 12.6. The SMILES string of the molecule is CCc1ccc(NC(=O)c2cc(NC(C)C)ncn2)cc1. The Balaban J connectivity index is 2.08. The maximum atomic E-state index is 12.2. The van der Waals surface area contributed by atoms with Crippen molar-refractivity contribution in [1.82, 2.24) is 9.97 Å². The highest BCUT2D eigenvalue weighted by atomic mass is 16.1. The maximum Gasteiger partial charge on any atom is 0.274 e. The molecule has 2 N–H and O–H groups in total. The van der Waals surface area contributed by atoms with Gasteiger partial charge in [-0.25, -0.2) is 9.97 Å². The summed E-state index contributed by atoms with van der Waals surface area (Å²) in [6, 6.07) is 9.69. The molecule has 0 radical (unpaired) electrons. The van der Waals surface area contributed by atoms with Gasteiger partial charge in [-0.05, 0) is 38.0 Å². The van der Waals surface area contributed by atoms with Crippen LogP contribution in [0.5, 0.6) is 0 Å². The van der Waals surface area contributed by atoms with Crippen LogP contribution in [-0.4, -0.2) is 21.9 Å². The van der Waals surface area contributed by atoms with E-state index in [0.29, 0.717) is 11.5 Å². The highest BCUT2D eigenvalue weighted by Gasteiger charge is 2.09. The number of anilines is 2. The van der Waals surface area contributed by atoms with E-state index in [9.17, 15) is 4.79 Å². The Morgan fingerprint density at radius 1 is 1.19 bits per heavy atom. The third-order valence-electron chi connectivity index (χ3n) is 2.96. The van der Waals surface area contributed by atoms with Crippen molar-refractivity contribution in [1.29, 1.82) is 0 Å². The smallest absolute Gasteiger partial charge is 0.274 e. The Kier molecular flexibility index (Phi) is 4.87. The fraction of sp³-hybridized carbons (Fsp3) is 0.312. The minimum atomic E-state index is -0.242. The number of hydrogen-bond donors (Lipinski definition) is 2. The van der Waals surface area contributed by atoms with Crippen LogP contribution in [0.3, 0.4) is 0 Å². The number of nitrogens with one attached hydrogen (secondary N) is 2. The lowest BCUT2D eigenvalue weighted by molar-refractivity contribution is 0.102. The fourth-order valence-electron chi connectivity index (χ4n) is 1.88. The summed E-state index contributed by atoms with van der Waals surface area (Å²) in [5.74, 6) is 0.403. The molecule has 1 amide bonds. The Bertz CT molecular complexity index is 608. The number of hydrogen-bond acceptors (Lipinski definition) is 4. The fourth-order valence-corrected chi connectivity index (χ4v) is 1.88. The molecule has 0 fully saturated rings. The van der Waals surface area contributed by atoms with Crippen molar-refractivity contribution in [3.05, 3.63) is 47.9 Å². The van der Waals surface area contributed by atoms with E-state index in [4.69, 9.17) is 0 Å². The van der Waals surface area contributed by atoms with Crippen molar-refractivity contribution in [2.75, 3.05) is 10.6 Å². The molecule has 0 aliphatic heterocycles. The van der Waals surface area contributed by atoms with Crippen LogP contribution >= 0.6 is 0 Å². The predicted octanol–water partition coefficient (Wildman–Crippen LogP) is 3.11. The van der Waals surface area contributed by atoms with Crippen LogP contribution in [-0.2, 0) is 6.42 Å². The van der Waals surface area contributed by atoms with E-state index in [2.05, 4.69) is 27.5 Å². The second kappa shape index (κ2) is 6.83. The third kappa shape index (κ3) is 4.27. The number of benzene rings is 1. The largest absolute Gasteiger partial charge is 0.368 e. The van der Waals surface area contributed by atoms with Crippen LogP contribution in [0.15, 0.2) is 36.7 Å². The van der Waals surface area contributed by atoms with Crippen LogP contribution in [0.25, 0.3) is 0 Å².